The van der Waals surface area contributed by atoms with Gasteiger partial charge in [-0.2, -0.15) is 0 Å². The first-order chi connectivity index (χ1) is 14.1. The Labute approximate surface area is 185 Å². The zero-order valence-electron chi connectivity index (χ0n) is 17.9. The van der Waals surface area contributed by atoms with Crippen LogP contribution in [0.1, 0.15) is 52.9 Å². The molecule has 0 fully saturated rings. The van der Waals surface area contributed by atoms with Crippen LogP contribution in [-0.2, 0) is 24.4 Å². The van der Waals surface area contributed by atoms with Crippen molar-refractivity contribution in [3.63, 3.8) is 0 Å². The lowest BCUT2D eigenvalue weighted by Gasteiger charge is -2.33. The third-order valence-electron chi connectivity index (χ3n) is 5.11. The second-order valence-corrected chi connectivity index (χ2v) is 8.36. The average Bonchev–Trinajstić information content (AvgIpc) is 2.68. The number of hydrogen-bond donors (Lipinski definition) is 1. The highest BCUT2D eigenvalue weighted by Gasteiger charge is 2.36. The number of amides is 1. The smallest absolute Gasteiger partial charge is 0.274 e. The molecule has 1 aliphatic heterocycles. The van der Waals surface area contributed by atoms with Crippen molar-refractivity contribution in [2.45, 2.75) is 40.5 Å². The topological polar surface area (TPSA) is 88.8 Å². The Balaban J connectivity index is 0.00000341. The third kappa shape index (κ3) is 4.65. The molecular weight excluding hydrogens is 427 g/mol. The summed E-state index contributed by atoms with van der Waals surface area (Å²) < 4.78 is 19.9. The van der Waals surface area contributed by atoms with E-state index >= 15 is 0 Å². The minimum Gasteiger partial charge on any atom is -0.503 e. The second-order valence-electron chi connectivity index (χ2n) is 8.36. The number of hydrogen-bond acceptors (Lipinski definition) is 5. The number of carbonyl (C=O) groups excluding carboxylic acids is 2. The number of carbonyl (C=O) groups is 2. The van der Waals surface area contributed by atoms with Crippen molar-refractivity contribution in [1.29, 1.82) is 0 Å². The molecule has 0 aliphatic carbocycles. The van der Waals surface area contributed by atoms with Crippen molar-refractivity contribution in [1.82, 2.24) is 9.47 Å². The van der Waals surface area contributed by atoms with Crippen LogP contribution in [-0.4, -0.2) is 39.9 Å². The standard InChI is InChI=1S/C22H25FN2O5.ClH/c1-22(2,3)20(28)16-15(12-30-4)25-10-9-24(11-13-5-7-14(23)8-6-13)21(29)17(25)19(27)18(16)26;/h5-8,27H,9-12H2,1-4H3;1H. The second kappa shape index (κ2) is 9.20. The van der Waals surface area contributed by atoms with E-state index in [1.807, 2.05) is 0 Å². The number of benzene rings is 1. The third-order valence-corrected chi connectivity index (χ3v) is 5.11. The average molecular weight is 453 g/mol. The van der Waals surface area contributed by atoms with Crippen LogP contribution in [0.2, 0.25) is 0 Å². The summed E-state index contributed by atoms with van der Waals surface area (Å²) in [5.74, 6) is -2.08. The van der Waals surface area contributed by atoms with Gasteiger partial charge in [0.05, 0.1) is 17.9 Å². The van der Waals surface area contributed by atoms with E-state index in [0.717, 1.165) is 5.56 Å². The number of aromatic nitrogens is 1. The minimum absolute atomic E-state index is 0. The lowest BCUT2D eigenvalue weighted by atomic mass is 9.85. The molecule has 1 aliphatic rings. The van der Waals surface area contributed by atoms with E-state index in [0.29, 0.717) is 6.54 Å². The molecule has 0 saturated heterocycles. The van der Waals surface area contributed by atoms with Gasteiger partial charge >= 0.3 is 0 Å². The number of aromatic hydroxyl groups is 1. The van der Waals surface area contributed by atoms with E-state index in [9.17, 15) is 23.9 Å². The van der Waals surface area contributed by atoms with Gasteiger partial charge in [0, 0.05) is 32.2 Å². The number of nitrogens with zero attached hydrogens (tertiary/aromatic N) is 2. The van der Waals surface area contributed by atoms with Gasteiger partial charge in [-0.25, -0.2) is 4.39 Å². The molecule has 0 atom stereocenters. The van der Waals surface area contributed by atoms with Gasteiger partial charge in [0.1, 0.15) is 5.82 Å². The quantitative estimate of drug-likeness (QED) is 0.704. The molecule has 0 radical (unpaired) electrons. The fourth-order valence-corrected chi connectivity index (χ4v) is 3.55. The van der Waals surface area contributed by atoms with E-state index in [-0.39, 0.29) is 54.9 Å². The van der Waals surface area contributed by atoms with Crippen LogP contribution in [0.3, 0.4) is 0 Å². The van der Waals surface area contributed by atoms with Gasteiger partial charge in [-0.3, -0.25) is 14.4 Å². The highest BCUT2D eigenvalue weighted by molar-refractivity contribution is 6.03. The highest BCUT2D eigenvalue weighted by Crippen LogP contribution is 2.28. The van der Waals surface area contributed by atoms with Crippen molar-refractivity contribution in [2.24, 2.45) is 5.41 Å². The molecule has 31 heavy (non-hydrogen) atoms. The maximum absolute atomic E-state index is 13.1. The molecule has 0 spiro atoms. The summed E-state index contributed by atoms with van der Waals surface area (Å²) in [4.78, 5) is 40.4. The van der Waals surface area contributed by atoms with Crippen LogP contribution in [0, 0.1) is 11.2 Å². The number of ether oxygens (including phenoxy) is 1. The van der Waals surface area contributed by atoms with Gasteiger partial charge in [0.15, 0.2) is 17.2 Å². The fraction of sp³-hybridized carbons (Fsp3) is 0.409. The zero-order chi connectivity index (χ0) is 22.2. The number of pyridine rings is 1. The molecule has 0 saturated carbocycles. The summed E-state index contributed by atoms with van der Waals surface area (Å²) >= 11 is 0. The van der Waals surface area contributed by atoms with Crippen molar-refractivity contribution in [3.8, 4) is 5.75 Å². The Bertz CT molecular complexity index is 1060. The zero-order valence-corrected chi connectivity index (χ0v) is 18.7. The predicted molar refractivity (Wildman–Crippen MR) is 115 cm³/mol. The molecule has 1 aromatic carbocycles. The first-order valence-electron chi connectivity index (χ1n) is 9.62. The van der Waals surface area contributed by atoms with Crippen LogP contribution in [0.25, 0.3) is 0 Å². The molecule has 1 amide bonds. The molecule has 0 bridgehead atoms. The maximum Gasteiger partial charge on any atom is 0.274 e. The largest absolute Gasteiger partial charge is 0.503 e. The predicted octanol–water partition coefficient (Wildman–Crippen LogP) is 3.15. The molecule has 2 aromatic rings. The van der Waals surface area contributed by atoms with Gasteiger partial charge in [-0.15, -0.1) is 12.4 Å². The van der Waals surface area contributed by atoms with Crippen molar-refractivity contribution < 1.29 is 23.8 Å². The molecule has 3 rings (SSSR count). The van der Waals surface area contributed by atoms with Crippen LogP contribution in [0.5, 0.6) is 5.75 Å². The van der Waals surface area contributed by atoms with Gasteiger partial charge in [-0.05, 0) is 17.7 Å². The van der Waals surface area contributed by atoms with E-state index < -0.39 is 28.3 Å². The molecule has 168 valence electrons. The van der Waals surface area contributed by atoms with Crippen molar-refractivity contribution >= 4 is 24.1 Å². The molecule has 2 heterocycles. The Hall–Kier alpha value is -2.71. The van der Waals surface area contributed by atoms with Crippen LogP contribution in [0.15, 0.2) is 29.1 Å². The van der Waals surface area contributed by atoms with E-state index in [4.69, 9.17) is 4.74 Å². The van der Waals surface area contributed by atoms with E-state index in [1.165, 1.54) is 28.7 Å². The van der Waals surface area contributed by atoms with Crippen LogP contribution in [0.4, 0.5) is 4.39 Å². The molecule has 1 N–H and O–H groups in total. The van der Waals surface area contributed by atoms with Gasteiger partial charge in [0.2, 0.25) is 5.43 Å². The Morgan fingerprint density at radius 1 is 1.16 bits per heavy atom. The van der Waals surface area contributed by atoms with Gasteiger partial charge < -0.3 is 19.3 Å². The van der Waals surface area contributed by atoms with Crippen LogP contribution < -0.4 is 5.43 Å². The molecule has 7 nitrogen and oxygen atoms in total. The monoisotopic (exact) mass is 452 g/mol. The Morgan fingerprint density at radius 2 is 1.77 bits per heavy atom. The molecule has 9 heteroatoms. The van der Waals surface area contributed by atoms with Crippen LogP contribution >= 0.6 is 12.4 Å². The first-order valence-corrected chi connectivity index (χ1v) is 9.62. The number of methoxy groups -OCH3 is 1. The summed E-state index contributed by atoms with van der Waals surface area (Å²) in [6.07, 6.45) is 0. The summed E-state index contributed by atoms with van der Waals surface area (Å²) in [6.45, 7) is 5.77. The highest BCUT2D eigenvalue weighted by atomic mass is 35.5. The molecular formula is C22H26ClFN2O5. The summed E-state index contributed by atoms with van der Waals surface area (Å²) in [7, 11) is 1.43. The lowest BCUT2D eigenvalue weighted by molar-refractivity contribution is 0.0671. The SMILES string of the molecule is COCc1c(C(=O)C(C)(C)C)c(=O)c(O)c2n1CCN(Cc1ccc(F)cc1)C2=O.Cl. The van der Waals surface area contributed by atoms with Gasteiger partial charge in [0.25, 0.3) is 5.91 Å². The number of halogens is 2. The summed E-state index contributed by atoms with van der Waals surface area (Å²) in [5, 5.41) is 10.6. The first kappa shape index (κ1) is 24.6. The maximum atomic E-state index is 13.1. The Morgan fingerprint density at radius 3 is 2.32 bits per heavy atom. The number of ketones is 1. The van der Waals surface area contributed by atoms with Crippen molar-refractivity contribution in [3.05, 3.63) is 62.8 Å². The number of rotatable bonds is 5. The van der Waals surface area contributed by atoms with E-state index in [1.54, 1.807) is 32.9 Å². The summed E-state index contributed by atoms with van der Waals surface area (Å²) in [6, 6.07) is 5.76. The normalized spacial score (nSPS) is 13.6. The number of Topliss-reactive ketones (excluding diaryl/α,β-unsaturated/α-hetero) is 1. The molecule has 1 aromatic heterocycles. The van der Waals surface area contributed by atoms with Gasteiger partial charge in [-0.1, -0.05) is 32.9 Å². The Kier molecular flexibility index (Phi) is 7.28. The summed E-state index contributed by atoms with van der Waals surface area (Å²) in [5.41, 5.74) is -1.03. The van der Waals surface area contributed by atoms with Crippen molar-refractivity contribution in [2.75, 3.05) is 13.7 Å². The fourth-order valence-electron chi connectivity index (χ4n) is 3.55. The number of fused-ring (bicyclic) bond motifs is 1. The lowest BCUT2D eigenvalue weighted by Crippen LogP contribution is -2.44. The minimum atomic E-state index is -0.870. The molecule has 0 unspecified atom stereocenters. The van der Waals surface area contributed by atoms with E-state index in [2.05, 4.69) is 0 Å².